The molecule has 0 spiro atoms. The fourth-order valence-electron chi connectivity index (χ4n) is 0.151. The predicted octanol–water partition coefficient (Wildman–Crippen LogP) is -1.01. The molecule has 7 heteroatoms. The van der Waals surface area contributed by atoms with E-state index in [4.69, 9.17) is 5.11 Å². The monoisotopic (exact) mass is 157 g/mol. The van der Waals surface area contributed by atoms with Gasteiger partial charge in [0, 0.05) is 0 Å². The fourth-order valence-corrected chi connectivity index (χ4v) is 0.454. The summed E-state index contributed by atoms with van der Waals surface area (Å²) in [5.74, 6) is -2.97. The van der Waals surface area contributed by atoms with Gasteiger partial charge in [-0.2, -0.15) is 0 Å². The van der Waals surface area contributed by atoms with Gasteiger partial charge >= 0.3 is 5.97 Å². The van der Waals surface area contributed by atoms with E-state index in [1.165, 1.54) is 0 Å². The van der Waals surface area contributed by atoms with Gasteiger partial charge in [0.15, 0.2) is 0 Å². The molecule has 0 aromatic heterocycles. The van der Waals surface area contributed by atoms with E-state index in [0.29, 0.717) is 0 Å². The van der Waals surface area contributed by atoms with Gasteiger partial charge in [0.05, 0.1) is 0 Å². The molecule has 0 unspecified atom stereocenters. The molecule has 0 aliphatic carbocycles. The number of hydrogen-bond donors (Lipinski definition) is 2. The Balaban J connectivity index is 0. The van der Waals surface area contributed by atoms with Crippen molar-refractivity contribution in [1.29, 1.82) is 0 Å². The van der Waals surface area contributed by atoms with Crippen LogP contribution in [-0.2, 0) is 14.9 Å². The molecule has 5 N–H and O–H groups in total. The summed E-state index contributed by atoms with van der Waals surface area (Å²) >= 11 is 0. The molecule has 0 bridgehead atoms. The van der Waals surface area contributed by atoms with E-state index in [1.807, 2.05) is 0 Å². The van der Waals surface area contributed by atoms with E-state index in [-0.39, 0.29) is 6.15 Å². The average Bonchev–Trinajstić information content (AvgIpc) is 1.21. The Kier molecular flexibility index (Phi) is 4.20. The van der Waals surface area contributed by atoms with Crippen molar-refractivity contribution in [2.45, 2.75) is 0 Å². The highest BCUT2D eigenvalue weighted by Gasteiger charge is 2.00. The van der Waals surface area contributed by atoms with Crippen molar-refractivity contribution in [3.63, 3.8) is 0 Å². The minimum Gasteiger partial charge on any atom is -0.748 e. The summed E-state index contributed by atoms with van der Waals surface area (Å²) in [5.41, 5.74) is 0. The molecule has 0 aromatic rings. The van der Waals surface area contributed by atoms with Gasteiger partial charge in [-0.15, -0.1) is 0 Å². The van der Waals surface area contributed by atoms with Crippen LogP contribution < -0.4 is 6.15 Å². The maximum Gasteiger partial charge on any atom is 0.317 e. The molecule has 0 aliphatic rings. The Bertz CT molecular complexity index is 181. The highest BCUT2D eigenvalue weighted by molar-refractivity contribution is 7.86. The lowest BCUT2D eigenvalue weighted by Crippen LogP contribution is -2.13. The van der Waals surface area contributed by atoms with Gasteiger partial charge in [0.25, 0.3) is 0 Å². The van der Waals surface area contributed by atoms with Gasteiger partial charge in [-0.1, -0.05) is 0 Å². The van der Waals surface area contributed by atoms with Crippen molar-refractivity contribution in [2.24, 2.45) is 0 Å². The third-order valence-corrected chi connectivity index (χ3v) is 0.901. The molecule has 56 valence electrons. The summed E-state index contributed by atoms with van der Waals surface area (Å²) in [6.45, 7) is 0. The molecule has 9 heavy (non-hydrogen) atoms. The van der Waals surface area contributed by atoms with Crippen molar-refractivity contribution in [1.82, 2.24) is 6.15 Å². The molecule has 0 saturated carbocycles. The highest BCUT2D eigenvalue weighted by atomic mass is 32.2. The lowest BCUT2D eigenvalue weighted by molar-refractivity contribution is -0.134. The van der Waals surface area contributed by atoms with E-state index in [1.54, 1.807) is 0 Å². The normalized spacial score (nSPS) is 9.89. The minimum absolute atomic E-state index is 0. The maximum absolute atomic E-state index is 9.51. The van der Waals surface area contributed by atoms with E-state index in [0.717, 1.165) is 0 Å². The Hall–Kier alpha value is -0.660. The number of quaternary nitrogens is 1. The summed E-state index contributed by atoms with van der Waals surface area (Å²) in [7, 11) is -4.57. The lowest BCUT2D eigenvalue weighted by atomic mass is 10.8. The topological polar surface area (TPSA) is 131 Å². The molecule has 0 rings (SSSR count). The zero-order chi connectivity index (χ0) is 6.78. The van der Waals surface area contributed by atoms with Crippen LogP contribution >= 0.6 is 0 Å². The Morgan fingerprint density at radius 2 is 1.89 bits per heavy atom. The van der Waals surface area contributed by atoms with Crippen LogP contribution in [0.25, 0.3) is 0 Å². The van der Waals surface area contributed by atoms with Gasteiger partial charge < -0.3 is 15.8 Å². The first-order valence-electron chi connectivity index (χ1n) is 1.57. The van der Waals surface area contributed by atoms with Crippen molar-refractivity contribution < 1.29 is 22.9 Å². The summed E-state index contributed by atoms with van der Waals surface area (Å²) in [6, 6.07) is 0. The second-order valence-electron chi connectivity index (χ2n) is 1.10. The molecular weight excluding hydrogens is 150 g/mol. The molecule has 0 fully saturated rings. The summed E-state index contributed by atoms with van der Waals surface area (Å²) in [6.07, 6.45) is 0. The highest BCUT2D eigenvalue weighted by Crippen LogP contribution is 1.78. The third kappa shape index (κ3) is 11.1. The molecule has 0 aliphatic heterocycles. The number of rotatable bonds is 2. The second-order valence-corrected chi connectivity index (χ2v) is 2.50. The lowest BCUT2D eigenvalue weighted by Gasteiger charge is -1.99. The van der Waals surface area contributed by atoms with Crippen LogP contribution in [0.5, 0.6) is 0 Å². The first-order valence-corrected chi connectivity index (χ1v) is 3.15. The Morgan fingerprint density at radius 3 is 1.89 bits per heavy atom. The van der Waals surface area contributed by atoms with Crippen molar-refractivity contribution in [3.8, 4) is 0 Å². The second kappa shape index (κ2) is 3.38. The van der Waals surface area contributed by atoms with Crippen LogP contribution in [0.15, 0.2) is 0 Å². The SMILES string of the molecule is O=C(O)CS(=O)(=O)[O-].[NH4+]. The summed E-state index contributed by atoms with van der Waals surface area (Å²) in [4.78, 5) is 9.44. The van der Waals surface area contributed by atoms with Crippen LogP contribution in [-0.4, -0.2) is 29.8 Å². The van der Waals surface area contributed by atoms with E-state index in [9.17, 15) is 17.8 Å². The smallest absolute Gasteiger partial charge is 0.317 e. The van der Waals surface area contributed by atoms with Gasteiger partial charge in [-0.3, -0.25) is 4.79 Å². The van der Waals surface area contributed by atoms with Gasteiger partial charge in [-0.05, 0) is 0 Å². The quantitative estimate of drug-likeness (QED) is 0.496. The third-order valence-electron chi connectivity index (χ3n) is 0.300. The number of aliphatic carboxylic acids is 1. The van der Waals surface area contributed by atoms with Gasteiger partial charge in [-0.25, -0.2) is 8.42 Å². The van der Waals surface area contributed by atoms with E-state index in [2.05, 4.69) is 0 Å². The van der Waals surface area contributed by atoms with Crippen LogP contribution in [0.2, 0.25) is 0 Å². The largest absolute Gasteiger partial charge is 0.748 e. The molecule has 0 saturated heterocycles. The van der Waals surface area contributed by atoms with Crippen LogP contribution in [0.4, 0.5) is 0 Å². The molecule has 6 nitrogen and oxygen atoms in total. The fraction of sp³-hybridized carbons (Fsp3) is 0.500. The maximum atomic E-state index is 9.51. The molecule has 0 atom stereocenters. The zero-order valence-corrected chi connectivity index (χ0v) is 5.51. The van der Waals surface area contributed by atoms with E-state index >= 15 is 0 Å². The Labute approximate surface area is 51.8 Å². The molecule has 0 radical (unpaired) electrons. The van der Waals surface area contributed by atoms with Crippen LogP contribution in [0.3, 0.4) is 0 Å². The van der Waals surface area contributed by atoms with Crippen LogP contribution in [0.1, 0.15) is 0 Å². The predicted molar refractivity (Wildman–Crippen MR) is 28.2 cm³/mol. The number of carboxylic acid groups (broad SMARTS) is 1. The molecule has 0 amide bonds. The number of hydrogen-bond acceptors (Lipinski definition) is 4. The molecule has 0 aromatic carbocycles. The molecular formula is C2H7NO5S. The minimum atomic E-state index is -4.57. The van der Waals surface area contributed by atoms with Crippen molar-refractivity contribution in [2.75, 3.05) is 5.75 Å². The summed E-state index contributed by atoms with van der Waals surface area (Å²) in [5, 5.41) is 7.67. The van der Waals surface area contributed by atoms with Crippen LogP contribution in [0, 0.1) is 0 Å². The van der Waals surface area contributed by atoms with Crippen molar-refractivity contribution in [3.05, 3.63) is 0 Å². The van der Waals surface area contributed by atoms with Gasteiger partial charge in [0.1, 0.15) is 15.9 Å². The first kappa shape index (κ1) is 11.2. The standard InChI is InChI=1S/C2H4O5S.H3N/c3-2(4)1-8(5,6)7;/h1H2,(H,3,4)(H,5,6,7);1H3. The average molecular weight is 157 g/mol. The number of carbonyl (C=O) groups is 1. The first-order chi connectivity index (χ1) is 3.42. The Morgan fingerprint density at radius 1 is 1.56 bits per heavy atom. The molecule has 0 heterocycles. The van der Waals surface area contributed by atoms with Gasteiger partial charge in [0.2, 0.25) is 0 Å². The summed E-state index contributed by atoms with van der Waals surface area (Å²) < 4.78 is 28.5. The number of carboxylic acids is 1. The van der Waals surface area contributed by atoms with Crippen molar-refractivity contribution >= 4 is 16.1 Å². The van der Waals surface area contributed by atoms with E-state index < -0.39 is 21.8 Å². The zero-order valence-electron chi connectivity index (χ0n) is 4.70.